The number of hydrogen-bond donors (Lipinski definition) is 1. The van der Waals surface area contributed by atoms with Crippen LogP contribution in [-0.4, -0.2) is 28.5 Å². The van der Waals surface area contributed by atoms with Gasteiger partial charge in [-0.2, -0.15) is 18.3 Å². The Morgan fingerprint density at radius 2 is 2.12 bits per heavy atom. The molecule has 1 aromatic heterocycles. The molecule has 1 N–H and O–H groups in total. The Kier molecular flexibility index (Phi) is 5.48. The SMILES string of the molecule is CCn1ccc(C(C)NC(=O)c2cccc(OCC(F)(F)F)c2)n1. The van der Waals surface area contributed by atoms with E-state index >= 15 is 0 Å². The van der Waals surface area contributed by atoms with Gasteiger partial charge < -0.3 is 10.1 Å². The maximum absolute atomic E-state index is 12.2. The van der Waals surface area contributed by atoms with Crippen LogP contribution in [-0.2, 0) is 6.54 Å². The van der Waals surface area contributed by atoms with E-state index in [9.17, 15) is 18.0 Å². The van der Waals surface area contributed by atoms with Gasteiger partial charge in [-0.05, 0) is 38.1 Å². The summed E-state index contributed by atoms with van der Waals surface area (Å²) in [4.78, 5) is 12.2. The molecule has 0 bridgehead atoms. The van der Waals surface area contributed by atoms with Crippen molar-refractivity contribution >= 4 is 5.91 Å². The lowest BCUT2D eigenvalue weighted by atomic mass is 10.1. The molecule has 1 aromatic carbocycles. The van der Waals surface area contributed by atoms with Gasteiger partial charge in [-0.15, -0.1) is 0 Å². The van der Waals surface area contributed by atoms with Gasteiger partial charge in [0.25, 0.3) is 5.91 Å². The first-order valence-corrected chi connectivity index (χ1v) is 7.42. The number of hydrogen-bond acceptors (Lipinski definition) is 3. The van der Waals surface area contributed by atoms with Gasteiger partial charge in [0.15, 0.2) is 6.61 Å². The lowest BCUT2D eigenvalue weighted by molar-refractivity contribution is -0.153. The average molecular weight is 341 g/mol. The highest BCUT2D eigenvalue weighted by Crippen LogP contribution is 2.20. The Bertz CT molecular complexity index is 698. The molecule has 0 spiro atoms. The van der Waals surface area contributed by atoms with Crippen molar-refractivity contribution in [1.29, 1.82) is 0 Å². The number of rotatable bonds is 6. The van der Waals surface area contributed by atoms with E-state index < -0.39 is 18.7 Å². The van der Waals surface area contributed by atoms with Gasteiger partial charge in [0.05, 0.1) is 11.7 Å². The summed E-state index contributed by atoms with van der Waals surface area (Å²) in [7, 11) is 0. The number of aryl methyl sites for hydroxylation is 1. The fourth-order valence-corrected chi connectivity index (χ4v) is 2.03. The van der Waals surface area contributed by atoms with E-state index in [0.29, 0.717) is 5.69 Å². The molecule has 1 heterocycles. The van der Waals surface area contributed by atoms with E-state index in [1.165, 1.54) is 24.3 Å². The minimum Gasteiger partial charge on any atom is -0.484 e. The molecule has 2 rings (SSSR count). The number of carbonyl (C=O) groups excluding carboxylic acids is 1. The molecule has 1 amide bonds. The van der Waals surface area contributed by atoms with E-state index in [2.05, 4.69) is 15.2 Å². The van der Waals surface area contributed by atoms with Crippen LogP contribution < -0.4 is 10.1 Å². The minimum absolute atomic E-state index is 0.0112. The Morgan fingerprint density at radius 3 is 2.75 bits per heavy atom. The van der Waals surface area contributed by atoms with Crippen molar-refractivity contribution in [2.75, 3.05) is 6.61 Å². The molecule has 0 fully saturated rings. The molecule has 2 aromatic rings. The first-order chi connectivity index (χ1) is 11.3. The number of amides is 1. The zero-order chi connectivity index (χ0) is 17.7. The topological polar surface area (TPSA) is 56.2 Å². The van der Waals surface area contributed by atoms with Crippen LogP contribution in [0.2, 0.25) is 0 Å². The number of aromatic nitrogens is 2. The van der Waals surface area contributed by atoms with Crippen molar-refractivity contribution < 1.29 is 22.7 Å². The van der Waals surface area contributed by atoms with E-state index in [1.54, 1.807) is 17.7 Å². The monoisotopic (exact) mass is 341 g/mol. The van der Waals surface area contributed by atoms with Gasteiger partial charge in [0.1, 0.15) is 5.75 Å². The average Bonchev–Trinajstić information content (AvgIpc) is 3.01. The molecule has 0 radical (unpaired) electrons. The number of ether oxygens (including phenoxy) is 1. The molecule has 1 unspecified atom stereocenters. The molecular weight excluding hydrogens is 323 g/mol. The maximum Gasteiger partial charge on any atom is 0.422 e. The standard InChI is InChI=1S/C16H18F3N3O2/c1-3-22-8-7-14(21-22)11(2)20-15(23)12-5-4-6-13(9-12)24-10-16(17,18)19/h4-9,11H,3,10H2,1-2H3,(H,20,23). The van der Waals surface area contributed by atoms with Crippen LogP contribution in [0.25, 0.3) is 0 Å². The van der Waals surface area contributed by atoms with Crippen LogP contribution in [0.5, 0.6) is 5.75 Å². The second kappa shape index (κ2) is 7.37. The van der Waals surface area contributed by atoms with Crippen LogP contribution in [0.15, 0.2) is 36.5 Å². The molecule has 8 heteroatoms. The normalized spacial score (nSPS) is 12.7. The van der Waals surface area contributed by atoms with Crippen LogP contribution >= 0.6 is 0 Å². The van der Waals surface area contributed by atoms with Gasteiger partial charge in [-0.25, -0.2) is 0 Å². The molecule has 0 saturated heterocycles. The molecular formula is C16H18F3N3O2. The highest BCUT2D eigenvalue weighted by molar-refractivity contribution is 5.94. The van der Waals surface area contributed by atoms with Crippen LogP contribution in [0, 0.1) is 0 Å². The summed E-state index contributed by atoms with van der Waals surface area (Å²) >= 11 is 0. The predicted octanol–water partition coefficient (Wildman–Crippen LogP) is 3.34. The van der Waals surface area contributed by atoms with Crippen molar-refractivity contribution in [2.45, 2.75) is 32.6 Å². The molecule has 24 heavy (non-hydrogen) atoms. The van der Waals surface area contributed by atoms with Crippen molar-refractivity contribution in [2.24, 2.45) is 0 Å². The lowest BCUT2D eigenvalue weighted by Gasteiger charge is -2.13. The summed E-state index contributed by atoms with van der Waals surface area (Å²) < 4.78 is 42.9. The second-order valence-electron chi connectivity index (χ2n) is 5.22. The van der Waals surface area contributed by atoms with Gasteiger partial charge in [-0.1, -0.05) is 6.07 Å². The molecule has 0 saturated carbocycles. The smallest absolute Gasteiger partial charge is 0.422 e. The van der Waals surface area contributed by atoms with Crippen molar-refractivity contribution in [3.63, 3.8) is 0 Å². The third-order valence-corrected chi connectivity index (χ3v) is 3.28. The predicted molar refractivity (Wildman–Crippen MR) is 81.8 cm³/mol. The number of carbonyl (C=O) groups is 1. The summed E-state index contributed by atoms with van der Waals surface area (Å²) in [6.07, 6.45) is -2.62. The molecule has 0 aliphatic rings. The van der Waals surface area contributed by atoms with Gasteiger partial charge in [0.2, 0.25) is 0 Å². The van der Waals surface area contributed by atoms with Crippen LogP contribution in [0.1, 0.15) is 35.9 Å². The number of halogens is 3. The zero-order valence-electron chi connectivity index (χ0n) is 13.3. The van der Waals surface area contributed by atoms with Crippen molar-refractivity contribution in [1.82, 2.24) is 15.1 Å². The van der Waals surface area contributed by atoms with Crippen LogP contribution in [0.3, 0.4) is 0 Å². The summed E-state index contributed by atoms with van der Waals surface area (Å²) in [5.74, 6) is -0.422. The third-order valence-electron chi connectivity index (χ3n) is 3.28. The number of alkyl halides is 3. The zero-order valence-corrected chi connectivity index (χ0v) is 13.3. The first kappa shape index (κ1) is 17.8. The third kappa shape index (κ3) is 5.00. The maximum atomic E-state index is 12.2. The van der Waals surface area contributed by atoms with E-state index in [0.717, 1.165) is 6.54 Å². The summed E-state index contributed by atoms with van der Waals surface area (Å²) in [5, 5.41) is 7.06. The number of nitrogens with one attached hydrogen (secondary N) is 1. The molecule has 0 aliphatic heterocycles. The lowest BCUT2D eigenvalue weighted by Crippen LogP contribution is -2.27. The molecule has 130 valence electrons. The minimum atomic E-state index is -4.43. The van der Waals surface area contributed by atoms with Crippen molar-refractivity contribution in [3.05, 3.63) is 47.8 Å². The van der Waals surface area contributed by atoms with Crippen LogP contribution in [0.4, 0.5) is 13.2 Å². The second-order valence-corrected chi connectivity index (χ2v) is 5.22. The van der Waals surface area contributed by atoms with Crippen molar-refractivity contribution in [3.8, 4) is 5.75 Å². The van der Waals surface area contributed by atoms with Gasteiger partial charge in [-0.3, -0.25) is 9.48 Å². The highest BCUT2D eigenvalue weighted by atomic mass is 19.4. The van der Waals surface area contributed by atoms with E-state index in [1.807, 2.05) is 13.1 Å². The Labute approximate surface area is 137 Å². The molecule has 0 aliphatic carbocycles. The van der Waals surface area contributed by atoms with Gasteiger partial charge >= 0.3 is 6.18 Å². The molecule has 1 atom stereocenters. The fourth-order valence-electron chi connectivity index (χ4n) is 2.03. The summed E-state index contributed by atoms with van der Waals surface area (Å²) in [6.45, 7) is 3.05. The number of nitrogens with zero attached hydrogens (tertiary/aromatic N) is 2. The Balaban J connectivity index is 2.01. The van der Waals surface area contributed by atoms with E-state index in [4.69, 9.17) is 0 Å². The molecule has 5 nitrogen and oxygen atoms in total. The number of benzene rings is 1. The van der Waals surface area contributed by atoms with E-state index in [-0.39, 0.29) is 17.4 Å². The quantitative estimate of drug-likeness (QED) is 0.877. The fraction of sp³-hybridized carbons (Fsp3) is 0.375. The summed E-state index contributed by atoms with van der Waals surface area (Å²) in [5.41, 5.74) is 0.922. The largest absolute Gasteiger partial charge is 0.484 e. The highest BCUT2D eigenvalue weighted by Gasteiger charge is 2.28. The first-order valence-electron chi connectivity index (χ1n) is 7.42. The van der Waals surface area contributed by atoms with Gasteiger partial charge in [0, 0.05) is 18.3 Å². The Morgan fingerprint density at radius 1 is 1.38 bits per heavy atom. The summed E-state index contributed by atoms with van der Waals surface area (Å²) in [6, 6.07) is 7.10. The Hall–Kier alpha value is -2.51.